The van der Waals surface area contributed by atoms with Crippen LogP contribution in [0, 0.1) is 5.92 Å². The van der Waals surface area contributed by atoms with Gasteiger partial charge in [-0.25, -0.2) is 4.98 Å². The second-order valence-corrected chi connectivity index (χ2v) is 5.69. The zero-order valence-electron chi connectivity index (χ0n) is 9.62. The zero-order chi connectivity index (χ0) is 11.4. The summed E-state index contributed by atoms with van der Waals surface area (Å²) in [6.07, 6.45) is 5.59. The second-order valence-electron chi connectivity index (χ2n) is 4.48. The number of hydrogen-bond acceptors (Lipinski definition) is 3. The third-order valence-corrected chi connectivity index (χ3v) is 4.33. The van der Waals surface area contributed by atoms with E-state index in [0.29, 0.717) is 24.5 Å². The Morgan fingerprint density at radius 3 is 3.00 bits per heavy atom. The molecule has 1 aliphatic carbocycles. The largest absolute Gasteiger partial charge is 0.371 e. The van der Waals surface area contributed by atoms with Crippen molar-refractivity contribution in [3.8, 4) is 0 Å². The van der Waals surface area contributed by atoms with Crippen LogP contribution in [-0.4, -0.2) is 11.1 Å². The maximum atomic E-state index is 5.94. The highest BCUT2D eigenvalue weighted by Crippen LogP contribution is 2.27. The molecule has 1 heterocycles. The molecule has 2 rings (SSSR count). The molecule has 2 unspecified atom stereocenters. The van der Waals surface area contributed by atoms with Crippen molar-refractivity contribution in [2.45, 2.75) is 51.2 Å². The van der Waals surface area contributed by atoms with Gasteiger partial charge in [0, 0.05) is 5.38 Å². The number of rotatable bonds is 4. The van der Waals surface area contributed by atoms with E-state index < -0.39 is 0 Å². The Labute approximate surface area is 106 Å². The predicted molar refractivity (Wildman–Crippen MR) is 67.9 cm³/mol. The second kappa shape index (κ2) is 5.99. The van der Waals surface area contributed by atoms with Crippen LogP contribution in [0.4, 0.5) is 0 Å². The molecule has 90 valence electrons. The lowest BCUT2D eigenvalue weighted by molar-refractivity contribution is -0.0155. The lowest BCUT2D eigenvalue weighted by Gasteiger charge is -2.28. The fourth-order valence-corrected chi connectivity index (χ4v) is 3.13. The van der Waals surface area contributed by atoms with E-state index >= 15 is 0 Å². The molecule has 16 heavy (non-hydrogen) atoms. The molecule has 0 saturated heterocycles. The minimum atomic E-state index is 0.428. The van der Waals surface area contributed by atoms with Crippen LogP contribution >= 0.6 is 22.9 Å². The fraction of sp³-hybridized carbons (Fsp3) is 0.750. The highest BCUT2D eigenvalue weighted by molar-refractivity contribution is 7.09. The molecule has 0 N–H and O–H groups in total. The molecule has 1 saturated carbocycles. The van der Waals surface area contributed by atoms with E-state index in [1.54, 1.807) is 11.3 Å². The predicted octanol–water partition coefficient (Wildman–Crippen LogP) is 3.98. The summed E-state index contributed by atoms with van der Waals surface area (Å²) in [5.41, 5.74) is 0.960. The summed E-state index contributed by atoms with van der Waals surface area (Å²) in [7, 11) is 0. The van der Waals surface area contributed by atoms with Crippen LogP contribution in [-0.2, 0) is 17.2 Å². The van der Waals surface area contributed by atoms with Crippen LogP contribution < -0.4 is 0 Å². The van der Waals surface area contributed by atoms with Crippen molar-refractivity contribution in [2.24, 2.45) is 5.92 Å². The van der Waals surface area contributed by atoms with Gasteiger partial charge in [-0.1, -0.05) is 19.8 Å². The number of ether oxygens (including phenoxy) is 1. The molecule has 1 fully saturated rings. The maximum absolute atomic E-state index is 5.94. The summed E-state index contributed by atoms with van der Waals surface area (Å²) in [6, 6.07) is 0. The Hall–Kier alpha value is -0.120. The van der Waals surface area contributed by atoms with Crippen molar-refractivity contribution in [2.75, 3.05) is 0 Å². The van der Waals surface area contributed by atoms with Gasteiger partial charge >= 0.3 is 0 Å². The van der Waals surface area contributed by atoms with Gasteiger partial charge in [0.15, 0.2) is 0 Å². The van der Waals surface area contributed by atoms with Crippen LogP contribution in [0.3, 0.4) is 0 Å². The first-order chi connectivity index (χ1) is 7.79. The van der Waals surface area contributed by atoms with Crippen molar-refractivity contribution in [3.63, 3.8) is 0 Å². The summed E-state index contributed by atoms with van der Waals surface area (Å²) >= 11 is 7.36. The molecule has 1 aromatic heterocycles. The van der Waals surface area contributed by atoms with Gasteiger partial charge < -0.3 is 4.74 Å². The average Bonchev–Trinajstić information content (AvgIpc) is 2.76. The number of alkyl halides is 1. The SMILES string of the molecule is CC1CCCCC1OCc1nc(CCl)cs1. The summed E-state index contributed by atoms with van der Waals surface area (Å²) in [5.74, 6) is 1.19. The van der Waals surface area contributed by atoms with E-state index in [1.807, 2.05) is 5.38 Å². The first-order valence-electron chi connectivity index (χ1n) is 5.90. The van der Waals surface area contributed by atoms with Crippen LogP contribution in [0.5, 0.6) is 0 Å². The summed E-state index contributed by atoms with van der Waals surface area (Å²) < 4.78 is 5.94. The molecular formula is C12H18ClNOS. The number of hydrogen-bond donors (Lipinski definition) is 0. The Bertz CT molecular complexity index is 329. The number of nitrogens with zero attached hydrogens (tertiary/aromatic N) is 1. The minimum absolute atomic E-state index is 0.428. The van der Waals surface area contributed by atoms with Gasteiger partial charge in [-0.3, -0.25) is 0 Å². The lowest BCUT2D eigenvalue weighted by atomic mass is 9.88. The standard InChI is InChI=1S/C12H18ClNOS/c1-9-4-2-3-5-11(9)15-7-12-14-10(6-13)8-16-12/h8-9,11H,2-7H2,1H3. The Kier molecular flexibility index (Phi) is 4.62. The topological polar surface area (TPSA) is 22.1 Å². The highest BCUT2D eigenvalue weighted by atomic mass is 35.5. The molecule has 0 bridgehead atoms. The molecule has 0 aromatic carbocycles. The highest BCUT2D eigenvalue weighted by Gasteiger charge is 2.21. The Morgan fingerprint density at radius 2 is 2.31 bits per heavy atom. The molecular weight excluding hydrogens is 242 g/mol. The molecule has 1 aromatic rings. The number of halogens is 1. The van der Waals surface area contributed by atoms with Gasteiger partial charge in [-0.05, 0) is 18.8 Å². The molecule has 2 atom stereocenters. The van der Waals surface area contributed by atoms with E-state index in [4.69, 9.17) is 16.3 Å². The molecule has 1 aliphatic rings. The van der Waals surface area contributed by atoms with E-state index in [1.165, 1.54) is 25.7 Å². The van der Waals surface area contributed by atoms with Crippen molar-refractivity contribution in [1.82, 2.24) is 4.98 Å². The third kappa shape index (κ3) is 3.19. The first kappa shape index (κ1) is 12.3. The fourth-order valence-electron chi connectivity index (χ4n) is 2.18. The van der Waals surface area contributed by atoms with Gasteiger partial charge in [0.05, 0.1) is 24.3 Å². The Morgan fingerprint density at radius 1 is 1.50 bits per heavy atom. The molecule has 4 heteroatoms. The lowest BCUT2D eigenvalue weighted by Crippen LogP contribution is -2.25. The molecule has 0 spiro atoms. The summed E-state index contributed by atoms with van der Waals surface area (Å²) in [5, 5.41) is 3.06. The van der Waals surface area contributed by atoms with Gasteiger partial charge in [0.25, 0.3) is 0 Å². The van der Waals surface area contributed by atoms with Crippen LogP contribution in [0.2, 0.25) is 0 Å². The van der Waals surface area contributed by atoms with Crippen LogP contribution in [0.15, 0.2) is 5.38 Å². The Balaban J connectivity index is 1.81. The van der Waals surface area contributed by atoms with Gasteiger partial charge in [-0.15, -0.1) is 22.9 Å². The van der Waals surface area contributed by atoms with Crippen LogP contribution in [0.25, 0.3) is 0 Å². The smallest absolute Gasteiger partial charge is 0.119 e. The van der Waals surface area contributed by atoms with Crippen molar-refractivity contribution in [1.29, 1.82) is 0 Å². The molecule has 2 nitrogen and oxygen atoms in total. The van der Waals surface area contributed by atoms with Crippen molar-refractivity contribution < 1.29 is 4.74 Å². The quantitative estimate of drug-likeness (QED) is 0.763. The normalized spacial score (nSPS) is 25.9. The van der Waals surface area contributed by atoms with E-state index in [-0.39, 0.29) is 0 Å². The third-order valence-electron chi connectivity index (χ3n) is 3.19. The van der Waals surface area contributed by atoms with Crippen molar-refractivity contribution >= 4 is 22.9 Å². The first-order valence-corrected chi connectivity index (χ1v) is 7.32. The molecule has 0 radical (unpaired) electrons. The van der Waals surface area contributed by atoms with Crippen molar-refractivity contribution in [3.05, 3.63) is 16.1 Å². The van der Waals surface area contributed by atoms with E-state index in [2.05, 4.69) is 11.9 Å². The zero-order valence-corrected chi connectivity index (χ0v) is 11.2. The number of thiazole rings is 1. The van der Waals surface area contributed by atoms with Gasteiger partial charge in [0.1, 0.15) is 5.01 Å². The summed E-state index contributed by atoms with van der Waals surface area (Å²) in [6.45, 7) is 2.94. The van der Waals surface area contributed by atoms with Gasteiger partial charge in [0.2, 0.25) is 0 Å². The van der Waals surface area contributed by atoms with E-state index in [9.17, 15) is 0 Å². The summed E-state index contributed by atoms with van der Waals surface area (Å²) in [4.78, 5) is 4.40. The molecule has 0 amide bonds. The minimum Gasteiger partial charge on any atom is -0.371 e. The van der Waals surface area contributed by atoms with E-state index in [0.717, 1.165) is 10.7 Å². The van der Waals surface area contributed by atoms with Crippen LogP contribution in [0.1, 0.15) is 43.3 Å². The molecule has 0 aliphatic heterocycles. The number of aromatic nitrogens is 1. The monoisotopic (exact) mass is 259 g/mol. The maximum Gasteiger partial charge on any atom is 0.119 e. The average molecular weight is 260 g/mol. The van der Waals surface area contributed by atoms with Gasteiger partial charge in [-0.2, -0.15) is 0 Å².